The van der Waals surface area contributed by atoms with Gasteiger partial charge in [0.15, 0.2) is 0 Å². The van der Waals surface area contributed by atoms with Crippen LogP contribution in [0, 0.1) is 5.92 Å². The SMILES string of the molecule is N[C@H](Cc1c[nH]c2ccccc12)C(=O)NCC1CC1. The first-order valence-corrected chi connectivity index (χ1v) is 6.82. The molecule has 1 aliphatic carbocycles. The first kappa shape index (κ1) is 12.2. The Bertz CT molecular complexity index is 586. The third-order valence-corrected chi connectivity index (χ3v) is 3.71. The van der Waals surface area contributed by atoms with E-state index in [1.54, 1.807) is 0 Å². The lowest BCUT2D eigenvalue weighted by molar-refractivity contribution is -0.122. The van der Waals surface area contributed by atoms with Crippen molar-refractivity contribution in [2.24, 2.45) is 11.7 Å². The summed E-state index contributed by atoms with van der Waals surface area (Å²) in [7, 11) is 0. The maximum Gasteiger partial charge on any atom is 0.237 e. The first-order valence-electron chi connectivity index (χ1n) is 6.82. The van der Waals surface area contributed by atoms with Gasteiger partial charge in [0, 0.05) is 23.6 Å². The van der Waals surface area contributed by atoms with Crippen LogP contribution in [0.15, 0.2) is 30.5 Å². The van der Waals surface area contributed by atoms with Gasteiger partial charge in [-0.25, -0.2) is 0 Å². The molecule has 1 amide bonds. The lowest BCUT2D eigenvalue weighted by atomic mass is 10.1. The number of amides is 1. The Balaban J connectivity index is 1.64. The monoisotopic (exact) mass is 257 g/mol. The summed E-state index contributed by atoms with van der Waals surface area (Å²) in [6, 6.07) is 7.59. The van der Waals surface area contributed by atoms with Gasteiger partial charge in [0.05, 0.1) is 6.04 Å². The summed E-state index contributed by atoms with van der Waals surface area (Å²) in [6.45, 7) is 0.778. The Kier molecular flexibility index (Phi) is 3.25. The number of rotatable bonds is 5. The second-order valence-corrected chi connectivity index (χ2v) is 5.36. The second kappa shape index (κ2) is 5.05. The lowest BCUT2D eigenvalue weighted by Crippen LogP contribution is -2.42. The van der Waals surface area contributed by atoms with E-state index in [1.807, 2.05) is 24.4 Å². The fraction of sp³-hybridized carbons (Fsp3) is 0.400. The summed E-state index contributed by atoms with van der Waals surface area (Å²) in [5, 5.41) is 4.08. The molecule has 1 saturated carbocycles. The van der Waals surface area contributed by atoms with Crippen molar-refractivity contribution in [1.82, 2.24) is 10.3 Å². The van der Waals surface area contributed by atoms with Gasteiger partial charge in [-0.3, -0.25) is 4.79 Å². The maximum atomic E-state index is 11.9. The van der Waals surface area contributed by atoms with Crippen molar-refractivity contribution in [3.05, 3.63) is 36.0 Å². The zero-order valence-corrected chi connectivity index (χ0v) is 10.9. The van der Waals surface area contributed by atoms with Crippen LogP contribution in [0.1, 0.15) is 18.4 Å². The second-order valence-electron chi connectivity index (χ2n) is 5.36. The number of nitrogens with two attached hydrogens (primary N) is 1. The molecule has 0 aliphatic heterocycles. The number of aromatic amines is 1. The molecule has 0 bridgehead atoms. The Hall–Kier alpha value is -1.81. The molecular weight excluding hydrogens is 238 g/mol. The van der Waals surface area contributed by atoms with Gasteiger partial charge >= 0.3 is 0 Å². The molecule has 0 spiro atoms. The molecule has 0 unspecified atom stereocenters. The summed E-state index contributed by atoms with van der Waals surface area (Å²) >= 11 is 0. The maximum absolute atomic E-state index is 11.9. The Labute approximate surface area is 112 Å². The molecule has 0 radical (unpaired) electrons. The molecule has 3 rings (SSSR count). The van der Waals surface area contributed by atoms with E-state index in [4.69, 9.17) is 5.73 Å². The number of carbonyl (C=O) groups excluding carboxylic acids is 1. The standard InChI is InChI=1S/C15H19N3O/c16-13(15(19)18-8-10-5-6-10)7-11-9-17-14-4-2-1-3-12(11)14/h1-4,9-10,13,17H,5-8,16H2,(H,18,19)/t13-/m1/s1. The summed E-state index contributed by atoms with van der Waals surface area (Å²) in [5.41, 5.74) is 8.17. The zero-order chi connectivity index (χ0) is 13.2. The minimum absolute atomic E-state index is 0.0443. The van der Waals surface area contributed by atoms with E-state index in [1.165, 1.54) is 12.8 Å². The summed E-state index contributed by atoms with van der Waals surface area (Å²) < 4.78 is 0. The van der Waals surface area contributed by atoms with Crippen molar-refractivity contribution in [1.29, 1.82) is 0 Å². The smallest absolute Gasteiger partial charge is 0.237 e. The van der Waals surface area contributed by atoms with Crippen LogP contribution >= 0.6 is 0 Å². The van der Waals surface area contributed by atoms with E-state index in [0.717, 1.165) is 23.0 Å². The molecule has 0 saturated heterocycles. The summed E-state index contributed by atoms with van der Waals surface area (Å²) in [5.74, 6) is 0.640. The number of benzene rings is 1. The highest BCUT2D eigenvalue weighted by Gasteiger charge is 2.23. The van der Waals surface area contributed by atoms with Crippen molar-refractivity contribution in [2.45, 2.75) is 25.3 Å². The van der Waals surface area contributed by atoms with Gasteiger partial charge in [0.1, 0.15) is 0 Å². The van der Waals surface area contributed by atoms with E-state index in [0.29, 0.717) is 12.3 Å². The van der Waals surface area contributed by atoms with Gasteiger partial charge in [0.2, 0.25) is 5.91 Å². The van der Waals surface area contributed by atoms with Crippen LogP contribution in [0.3, 0.4) is 0 Å². The number of hydrogen-bond acceptors (Lipinski definition) is 2. The Morgan fingerprint density at radius 2 is 2.21 bits per heavy atom. The fourth-order valence-corrected chi connectivity index (χ4v) is 2.33. The number of carbonyl (C=O) groups is 1. The fourth-order valence-electron chi connectivity index (χ4n) is 2.33. The predicted molar refractivity (Wildman–Crippen MR) is 75.7 cm³/mol. The Morgan fingerprint density at radius 1 is 1.42 bits per heavy atom. The number of H-pyrrole nitrogens is 1. The third-order valence-electron chi connectivity index (χ3n) is 3.71. The number of nitrogens with one attached hydrogen (secondary N) is 2. The molecule has 1 atom stereocenters. The molecule has 1 aromatic heterocycles. The van der Waals surface area contributed by atoms with Crippen molar-refractivity contribution in [2.75, 3.05) is 6.54 Å². The summed E-state index contributed by atoms with van der Waals surface area (Å²) in [4.78, 5) is 15.1. The van der Waals surface area contributed by atoms with Gasteiger partial charge < -0.3 is 16.0 Å². The number of aromatic nitrogens is 1. The van der Waals surface area contributed by atoms with Crippen LogP contribution in [0.2, 0.25) is 0 Å². The molecule has 1 heterocycles. The average molecular weight is 257 g/mol. The highest BCUT2D eigenvalue weighted by Crippen LogP contribution is 2.27. The molecular formula is C15H19N3O. The molecule has 4 N–H and O–H groups in total. The van der Waals surface area contributed by atoms with Crippen LogP contribution in [-0.4, -0.2) is 23.5 Å². The predicted octanol–water partition coefficient (Wildman–Crippen LogP) is 1.56. The number of hydrogen-bond donors (Lipinski definition) is 3. The molecule has 1 aliphatic rings. The molecule has 1 fully saturated rings. The average Bonchev–Trinajstić information content (AvgIpc) is 3.18. The van der Waals surface area contributed by atoms with Crippen LogP contribution < -0.4 is 11.1 Å². The van der Waals surface area contributed by atoms with E-state index in [2.05, 4.69) is 16.4 Å². The minimum Gasteiger partial charge on any atom is -0.361 e. The van der Waals surface area contributed by atoms with Crippen LogP contribution in [0.25, 0.3) is 10.9 Å². The van der Waals surface area contributed by atoms with Gasteiger partial charge in [-0.2, -0.15) is 0 Å². The quantitative estimate of drug-likeness (QED) is 0.760. The molecule has 4 nitrogen and oxygen atoms in total. The van der Waals surface area contributed by atoms with Gasteiger partial charge in [0.25, 0.3) is 0 Å². The highest BCUT2D eigenvalue weighted by molar-refractivity contribution is 5.86. The van der Waals surface area contributed by atoms with Crippen LogP contribution in [-0.2, 0) is 11.2 Å². The van der Waals surface area contributed by atoms with Gasteiger partial charge in [-0.1, -0.05) is 18.2 Å². The van der Waals surface area contributed by atoms with Crippen LogP contribution in [0.5, 0.6) is 0 Å². The number of fused-ring (bicyclic) bond motifs is 1. The van der Waals surface area contributed by atoms with E-state index < -0.39 is 6.04 Å². The molecule has 19 heavy (non-hydrogen) atoms. The molecule has 1 aromatic carbocycles. The zero-order valence-electron chi connectivity index (χ0n) is 10.9. The molecule has 2 aromatic rings. The first-order chi connectivity index (χ1) is 9.24. The van der Waals surface area contributed by atoms with Crippen LogP contribution in [0.4, 0.5) is 0 Å². The lowest BCUT2D eigenvalue weighted by Gasteiger charge is -2.11. The van der Waals surface area contributed by atoms with Gasteiger partial charge in [-0.05, 0) is 36.8 Å². The van der Waals surface area contributed by atoms with Crippen molar-refractivity contribution in [3.63, 3.8) is 0 Å². The van der Waals surface area contributed by atoms with E-state index in [9.17, 15) is 4.79 Å². The van der Waals surface area contributed by atoms with Crippen molar-refractivity contribution < 1.29 is 4.79 Å². The van der Waals surface area contributed by atoms with E-state index in [-0.39, 0.29) is 5.91 Å². The minimum atomic E-state index is -0.474. The Morgan fingerprint density at radius 3 is 3.00 bits per heavy atom. The van der Waals surface area contributed by atoms with E-state index >= 15 is 0 Å². The highest BCUT2D eigenvalue weighted by atomic mass is 16.2. The number of para-hydroxylation sites is 1. The molecule has 100 valence electrons. The normalized spacial score (nSPS) is 16.5. The van der Waals surface area contributed by atoms with Crippen molar-refractivity contribution in [3.8, 4) is 0 Å². The molecule has 4 heteroatoms. The third kappa shape index (κ3) is 2.79. The van der Waals surface area contributed by atoms with Gasteiger partial charge in [-0.15, -0.1) is 0 Å². The largest absolute Gasteiger partial charge is 0.361 e. The van der Waals surface area contributed by atoms with Crippen molar-refractivity contribution >= 4 is 16.8 Å². The topological polar surface area (TPSA) is 70.9 Å². The summed E-state index contributed by atoms with van der Waals surface area (Å²) in [6.07, 6.45) is 4.98.